The quantitative estimate of drug-likeness (QED) is 0.448. The highest BCUT2D eigenvalue weighted by Crippen LogP contribution is 1.94. The van der Waals surface area contributed by atoms with E-state index in [9.17, 15) is 0 Å². The number of nitrogens with one attached hydrogen (secondary N) is 1. The Balaban J connectivity index is 2.22. The first-order chi connectivity index (χ1) is 7.75. The van der Waals surface area contributed by atoms with Crippen molar-refractivity contribution >= 4 is 25.7 Å². The third-order valence-electron chi connectivity index (χ3n) is 2.24. The zero-order chi connectivity index (χ0) is 11.4. The van der Waals surface area contributed by atoms with Crippen LogP contribution < -0.4 is 16.1 Å². The van der Waals surface area contributed by atoms with Gasteiger partial charge in [0.15, 0.2) is 0 Å². The van der Waals surface area contributed by atoms with Crippen LogP contribution in [0.15, 0.2) is 54.6 Å². The summed E-state index contributed by atoms with van der Waals surface area (Å²) in [5.74, 6) is 0.125. The van der Waals surface area contributed by atoms with Gasteiger partial charge in [-0.2, -0.15) is 0 Å². The van der Waals surface area contributed by atoms with E-state index in [2.05, 4.69) is 18.2 Å². The molecule has 0 atom stereocenters. The summed E-state index contributed by atoms with van der Waals surface area (Å²) in [6.07, 6.45) is 0. The van der Waals surface area contributed by atoms with Gasteiger partial charge in [0.2, 0.25) is 0 Å². The largest absolute Gasteiger partial charge is 0.384 e. The molecule has 2 nitrogen and oxygen atoms in total. The number of amidine groups is 1. The molecule has 0 fully saturated rings. The number of nitrogen functional groups attached to an aromatic ring is 1. The van der Waals surface area contributed by atoms with Gasteiger partial charge < -0.3 is 5.73 Å². The Morgan fingerprint density at radius 3 is 2.31 bits per heavy atom. The summed E-state index contributed by atoms with van der Waals surface area (Å²) < 4.78 is 0. The van der Waals surface area contributed by atoms with Crippen LogP contribution in [-0.2, 0) is 0 Å². The third-order valence-corrected chi connectivity index (χ3v) is 3.46. The highest BCUT2D eigenvalue weighted by molar-refractivity contribution is 6.67. The van der Waals surface area contributed by atoms with Crippen LogP contribution in [-0.4, -0.2) is 15.4 Å². The zero-order valence-corrected chi connectivity index (χ0v) is 9.77. The standard InChI is InChI=1S/C13H12N2Si/c14-13(15)10-5-4-8-12(9-10)16-11-6-2-1-3-7-11/h1-9H,(H3,14,15). The van der Waals surface area contributed by atoms with Crippen molar-refractivity contribution in [2.24, 2.45) is 5.73 Å². The maximum absolute atomic E-state index is 7.39. The van der Waals surface area contributed by atoms with Gasteiger partial charge in [0.25, 0.3) is 0 Å². The van der Waals surface area contributed by atoms with E-state index in [1.54, 1.807) is 0 Å². The Hall–Kier alpha value is -1.87. The first-order valence-corrected chi connectivity index (χ1v) is 6.02. The predicted molar refractivity (Wildman–Crippen MR) is 68.9 cm³/mol. The van der Waals surface area contributed by atoms with E-state index in [0.29, 0.717) is 9.52 Å². The Morgan fingerprint density at radius 2 is 1.62 bits per heavy atom. The Morgan fingerprint density at radius 1 is 0.938 bits per heavy atom. The molecular formula is C13H12N2Si. The maximum atomic E-state index is 7.39. The van der Waals surface area contributed by atoms with Crippen LogP contribution >= 0.6 is 0 Å². The lowest BCUT2D eigenvalue weighted by Gasteiger charge is -2.03. The monoisotopic (exact) mass is 224 g/mol. The van der Waals surface area contributed by atoms with Crippen molar-refractivity contribution in [1.29, 1.82) is 5.41 Å². The SMILES string of the molecule is N=C(N)c1cccc([Si]c2ccccc2)c1. The highest BCUT2D eigenvalue weighted by Gasteiger charge is 2.00. The average Bonchev–Trinajstić information content (AvgIpc) is 2.30. The van der Waals surface area contributed by atoms with Crippen molar-refractivity contribution in [3.05, 3.63) is 60.2 Å². The highest BCUT2D eigenvalue weighted by atomic mass is 28.2. The first kappa shape index (κ1) is 10.6. The summed E-state index contributed by atoms with van der Waals surface area (Å²) in [6, 6.07) is 18.2. The van der Waals surface area contributed by atoms with E-state index in [1.165, 1.54) is 10.4 Å². The number of hydrogen-bond acceptors (Lipinski definition) is 1. The molecule has 2 aromatic rings. The summed E-state index contributed by atoms with van der Waals surface area (Å²) in [4.78, 5) is 0. The second-order valence-electron chi connectivity index (χ2n) is 3.49. The van der Waals surface area contributed by atoms with E-state index in [4.69, 9.17) is 11.1 Å². The fourth-order valence-electron chi connectivity index (χ4n) is 1.45. The molecule has 0 unspecified atom stereocenters. The Kier molecular flexibility index (Phi) is 3.17. The molecule has 16 heavy (non-hydrogen) atoms. The summed E-state index contributed by atoms with van der Waals surface area (Å²) in [5.41, 5.74) is 6.25. The normalized spacial score (nSPS) is 10.0. The summed E-state index contributed by atoms with van der Waals surface area (Å²) in [5, 5.41) is 9.89. The van der Waals surface area contributed by atoms with Gasteiger partial charge in [0.05, 0.1) is 0 Å². The second kappa shape index (κ2) is 4.77. The number of hydrogen-bond donors (Lipinski definition) is 2. The number of nitrogens with two attached hydrogens (primary N) is 1. The molecule has 78 valence electrons. The van der Waals surface area contributed by atoms with Gasteiger partial charge in [-0.15, -0.1) is 0 Å². The predicted octanol–water partition coefficient (Wildman–Crippen LogP) is 0.626. The number of benzene rings is 2. The van der Waals surface area contributed by atoms with Gasteiger partial charge in [-0.05, 0) is 0 Å². The molecule has 0 aliphatic rings. The van der Waals surface area contributed by atoms with Gasteiger partial charge in [-0.3, -0.25) is 5.41 Å². The molecule has 0 saturated heterocycles. The molecule has 0 heterocycles. The van der Waals surface area contributed by atoms with Crippen LogP contribution in [0.5, 0.6) is 0 Å². The molecule has 0 aromatic heterocycles. The van der Waals surface area contributed by atoms with Gasteiger partial charge in [-0.25, -0.2) is 0 Å². The molecule has 2 aromatic carbocycles. The van der Waals surface area contributed by atoms with E-state index >= 15 is 0 Å². The molecule has 2 rings (SSSR count). The van der Waals surface area contributed by atoms with Crippen LogP contribution in [0.4, 0.5) is 0 Å². The number of rotatable bonds is 3. The van der Waals surface area contributed by atoms with Crippen LogP contribution in [0.3, 0.4) is 0 Å². The summed E-state index contributed by atoms with van der Waals surface area (Å²) >= 11 is 0. The molecule has 0 aliphatic heterocycles. The van der Waals surface area contributed by atoms with Crippen LogP contribution in [0.25, 0.3) is 0 Å². The summed E-state index contributed by atoms with van der Waals surface area (Å²) in [7, 11) is 0.614. The Bertz CT molecular complexity index is 494. The van der Waals surface area contributed by atoms with Crippen LogP contribution in [0, 0.1) is 5.41 Å². The van der Waals surface area contributed by atoms with E-state index in [0.717, 1.165) is 5.56 Å². The second-order valence-corrected chi connectivity index (χ2v) is 4.89. The van der Waals surface area contributed by atoms with Crippen molar-refractivity contribution in [3.63, 3.8) is 0 Å². The molecule has 3 heteroatoms. The lowest BCUT2D eigenvalue weighted by atomic mass is 10.2. The van der Waals surface area contributed by atoms with Crippen molar-refractivity contribution in [2.45, 2.75) is 0 Å². The molecule has 0 saturated carbocycles. The fraction of sp³-hybridized carbons (Fsp3) is 0. The minimum absolute atomic E-state index is 0.125. The van der Waals surface area contributed by atoms with E-state index in [-0.39, 0.29) is 5.84 Å². The van der Waals surface area contributed by atoms with Crippen molar-refractivity contribution in [2.75, 3.05) is 0 Å². The molecular weight excluding hydrogens is 212 g/mol. The zero-order valence-electron chi connectivity index (χ0n) is 8.77. The summed E-state index contributed by atoms with van der Waals surface area (Å²) in [6.45, 7) is 0. The van der Waals surface area contributed by atoms with Gasteiger partial charge in [0, 0.05) is 5.56 Å². The van der Waals surface area contributed by atoms with Crippen LogP contribution in [0.1, 0.15) is 5.56 Å². The van der Waals surface area contributed by atoms with Crippen molar-refractivity contribution in [3.8, 4) is 0 Å². The minimum atomic E-state index is 0.125. The maximum Gasteiger partial charge on any atom is 0.122 e. The smallest absolute Gasteiger partial charge is 0.122 e. The lowest BCUT2D eigenvalue weighted by Crippen LogP contribution is -2.27. The topological polar surface area (TPSA) is 49.9 Å². The molecule has 3 N–H and O–H groups in total. The minimum Gasteiger partial charge on any atom is -0.384 e. The van der Waals surface area contributed by atoms with Crippen LogP contribution in [0.2, 0.25) is 0 Å². The molecule has 0 aliphatic carbocycles. The Labute approximate surface area is 97.5 Å². The first-order valence-electron chi connectivity index (χ1n) is 5.02. The molecule has 0 bridgehead atoms. The van der Waals surface area contributed by atoms with Gasteiger partial charge in [0.1, 0.15) is 15.4 Å². The molecule has 0 spiro atoms. The molecule has 2 radical (unpaired) electrons. The van der Waals surface area contributed by atoms with E-state index in [1.807, 2.05) is 36.4 Å². The van der Waals surface area contributed by atoms with Gasteiger partial charge >= 0.3 is 0 Å². The van der Waals surface area contributed by atoms with Crippen molar-refractivity contribution in [1.82, 2.24) is 0 Å². The van der Waals surface area contributed by atoms with Gasteiger partial charge in [-0.1, -0.05) is 65.0 Å². The van der Waals surface area contributed by atoms with E-state index < -0.39 is 0 Å². The lowest BCUT2D eigenvalue weighted by molar-refractivity contribution is 1.43. The average molecular weight is 224 g/mol. The molecule has 0 amide bonds. The third kappa shape index (κ3) is 2.58. The fourth-order valence-corrected chi connectivity index (χ4v) is 2.55. The van der Waals surface area contributed by atoms with Crippen molar-refractivity contribution < 1.29 is 0 Å².